The molecule has 1 amide bonds. The molecule has 0 aromatic heterocycles. The third-order valence-corrected chi connectivity index (χ3v) is 6.12. The molecule has 1 aromatic carbocycles. The van der Waals surface area contributed by atoms with Crippen LogP contribution in [-0.4, -0.2) is 17.0 Å². The van der Waals surface area contributed by atoms with Gasteiger partial charge in [0.05, 0.1) is 12.1 Å². The maximum absolute atomic E-state index is 12.1. The summed E-state index contributed by atoms with van der Waals surface area (Å²) in [6, 6.07) is 1.91. The van der Waals surface area contributed by atoms with Crippen LogP contribution >= 0.6 is 67.8 Å². The van der Waals surface area contributed by atoms with Crippen LogP contribution in [0.2, 0.25) is 0 Å². The fourth-order valence-electron chi connectivity index (χ4n) is 1.97. The first-order valence-corrected chi connectivity index (χ1v) is 10.3. The first kappa shape index (κ1) is 20.4. The summed E-state index contributed by atoms with van der Waals surface area (Å²) in [6.45, 7) is 2.14. The maximum atomic E-state index is 12.1. The van der Waals surface area contributed by atoms with Gasteiger partial charge in [-0.05, 0) is 85.8 Å². The van der Waals surface area contributed by atoms with Crippen molar-refractivity contribution in [1.29, 1.82) is 0 Å². The molecule has 0 bridgehead atoms. The molecular formula is C15H18I3NO3. The van der Waals surface area contributed by atoms with Crippen LogP contribution in [0.25, 0.3) is 0 Å². The van der Waals surface area contributed by atoms with E-state index in [0.717, 1.165) is 47.6 Å². The summed E-state index contributed by atoms with van der Waals surface area (Å²) in [5.74, 6) is -0.872. The van der Waals surface area contributed by atoms with Crippen LogP contribution in [0.3, 0.4) is 0 Å². The number of carbonyl (C=O) groups excluding carboxylic acids is 1. The summed E-state index contributed by atoms with van der Waals surface area (Å²) in [7, 11) is 0. The predicted molar refractivity (Wildman–Crippen MR) is 113 cm³/mol. The first-order chi connectivity index (χ1) is 10.4. The van der Waals surface area contributed by atoms with Gasteiger partial charge in [-0.3, -0.25) is 9.59 Å². The molecule has 0 heterocycles. The molecular weight excluding hydrogens is 623 g/mol. The highest BCUT2D eigenvalue weighted by Gasteiger charge is 2.17. The van der Waals surface area contributed by atoms with Gasteiger partial charge in [-0.2, -0.15) is 0 Å². The van der Waals surface area contributed by atoms with E-state index in [-0.39, 0.29) is 12.3 Å². The highest BCUT2D eigenvalue weighted by Crippen LogP contribution is 2.32. The fourth-order valence-corrected chi connectivity index (χ4v) is 6.00. The number of hydrogen-bond acceptors (Lipinski definition) is 2. The van der Waals surface area contributed by atoms with E-state index in [1.54, 1.807) is 0 Å². The number of nitrogens with one attached hydrogen (secondary N) is 1. The van der Waals surface area contributed by atoms with Crippen molar-refractivity contribution >= 4 is 85.3 Å². The molecule has 0 spiro atoms. The highest BCUT2D eigenvalue weighted by molar-refractivity contribution is 14.1. The standard InChI is InChI=1S/C15H18I3NO3/c1-2-3-4-5-6-12(20)19-15-11(17)8-10(16)9(14(15)18)7-13(21)22/h8H,2-7H2,1H3,(H,19,20)(H,21,22). The van der Waals surface area contributed by atoms with Crippen molar-refractivity contribution in [3.8, 4) is 0 Å². The van der Waals surface area contributed by atoms with Gasteiger partial charge in [0.1, 0.15) is 0 Å². The Labute approximate surface area is 171 Å². The van der Waals surface area contributed by atoms with Crippen LogP contribution in [0.1, 0.15) is 44.6 Å². The molecule has 7 heteroatoms. The van der Waals surface area contributed by atoms with Crippen molar-refractivity contribution in [3.63, 3.8) is 0 Å². The zero-order valence-corrected chi connectivity index (χ0v) is 18.7. The van der Waals surface area contributed by atoms with Crippen molar-refractivity contribution in [2.45, 2.75) is 45.4 Å². The van der Waals surface area contributed by atoms with Gasteiger partial charge >= 0.3 is 5.97 Å². The van der Waals surface area contributed by atoms with E-state index >= 15 is 0 Å². The Balaban J connectivity index is 2.85. The lowest BCUT2D eigenvalue weighted by Gasteiger charge is -2.14. The summed E-state index contributed by atoms with van der Waals surface area (Å²) < 4.78 is 2.66. The Morgan fingerprint density at radius 1 is 1.14 bits per heavy atom. The van der Waals surface area contributed by atoms with Crippen molar-refractivity contribution in [2.75, 3.05) is 5.32 Å². The predicted octanol–water partition coefficient (Wildman–Crippen LogP) is 5.04. The second-order valence-corrected chi connectivity index (χ2v) is 8.34. The summed E-state index contributed by atoms with van der Waals surface area (Å²) in [5.41, 5.74) is 1.49. The largest absolute Gasteiger partial charge is 0.481 e. The second kappa shape index (κ2) is 10.3. The number of hydrogen-bond donors (Lipinski definition) is 2. The molecule has 1 rings (SSSR count). The number of halogens is 3. The molecule has 0 atom stereocenters. The Bertz CT molecular complexity index is 561. The Morgan fingerprint density at radius 3 is 2.41 bits per heavy atom. The van der Waals surface area contributed by atoms with Crippen LogP contribution in [0.4, 0.5) is 5.69 Å². The third-order valence-electron chi connectivity index (χ3n) is 3.11. The molecule has 0 saturated heterocycles. The number of rotatable bonds is 8. The Morgan fingerprint density at radius 2 is 1.82 bits per heavy atom. The minimum atomic E-state index is -0.867. The molecule has 1 aromatic rings. The van der Waals surface area contributed by atoms with Gasteiger partial charge < -0.3 is 10.4 Å². The molecule has 0 fully saturated rings. The molecule has 0 aliphatic carbocycles. The normalized spacial score (nSPS) is 10.5. The fraction of sp³-hybridized carbons (Fsp3) is 0.467. The number of carbonyl (C=O) groups is 2. The van der Waals surface area contributed by atoms with Gasteiger partial charge in [0, 0.05) is 17.1 Å². The lowest BCUT2D eigenvalue weighted by molar-refractivity contribution is -0.136. The number of benzene rings is 1. The van der Waals surface area contributed by atoms with Gasteiger partial charge in [-0.1, -0.05) is 26.2 Å². The monoisotopic (exact) mass is 641 g/mol. The van der Waals surface area contributed by atoms with Crippen molar-refractivity contribution in [1.82, 2.24) is 0 Å². The van der Waals surface area contributed by atoms with Crippen LogP contribution < -0.4 is 5.32 Å². The first-order valence-electron chi connectivity index (χ1n) is 7.04. The molecule has 4 nitrogen and oxygen atoms in total. The van der Waals surface area contributed by atoms with Gasteiger partial charge in [0.15, 0.2) is 0 Å². The van der Waals surface area contributed by atoms with Crippen LogP contribution in [-0.2, 0) is 16.0 Å². The molecule has 0 unspecified atom stereocenters. The van der Waals surface area contributed by atoms with Gasteiger partial charge in [-0.25, -0.2) is 0 Å². The lowest BCUT2D eigenvalue weighted by atomic mass is 10.1. The molecule has 0 radical (unpaired) electrons. The smallest absolute Gasteiger partial charge is 0.307 e. The molecule has 0 aliphatic heterocycles. The zero-order chi connectivity index (χ0) is 16.7. The van der Waals surface area contributed by atoms with E-state index in [4.69, 9.17) is 5.11 Å². The average Bonchev–Trinajstić information content (AvgIpc) is 2.44. The van der Waals surface area contributed by atoms with E-state index in [1.807, 2.05) is 6.07 Å². The molecule has 22 heavy (non-hydrogen) atoms. The van der Waals surface area contributed by atoms with E-state index < -0.39 is 5.97 Å². The average molecular weight is 641 g/mol. The maximum Gasteiger partial charge on any atom is 0.307 e. The number of aliphatic carboxylic acids is 1. The topological polar surface area (TPSA) is 66.4 Å². The van der Waals surface area contributed by atoms with Crippen LogP contribution in [0.15, 0.2) is 6.07 Å². The summed E-state index contributed by atoms with van der Waals surface area (Å²) in [5, 5.41) is 12.0. The number of amides is 1. The molecule has 122 valence electrons. The molecule has 0 saturated carbocycles. The van der Waals surface area contributed by atoms with Crippen LogP contribution in [0.5, 0.6) is 0 Å². The van der Waals surface area contributed by atoms with E-state index in [0.29, 0.717) is 6.42 Å². The quantitative estimate of drug-likeness (QED) is 0.309. The Hall–Kier alpha value is 0.350. The molecule has 0 aliphatic rings. The Kier molecular flexibility index (Phi) is 9.51. The zero-order valence-electron chi connectivity index (χ0n) is 12.2. The number of anilines is 1. The lowest BCUT2D eigenvalue weighted by Crippen LogP contribution is -2.15. The number of carboxylic acid groups (broad SMARTS) is 1. The van der Waals surface area contributed by atoms with Gasteiger partial charge in [0.2, 0.25) is 5.91 Å². The molecule has 2 N–H and O–H groups in total. The van der Waals surface area contributed by atoms with Gasteiger partial charge in [-0.15, -0.1) is 0 Å². The van der Waals surface area contributed by atoms with Crippen molar-refractivity contribution in [2.24, 2.45) is 0 Å². The second-order valence-electron chi connectivity index (χ2n) is 4.94. The van der Waals surface area contributed by atoms with E-state index in [1.165, 1.54) is 0 Å². The van der Waals surface area contributed by atoms with Crippen molar-refractivity contribution in [3.05, 3.63) is 22.3 Å². The number of carboxylic acids is 1. The minimum Gasteiger partial charge on any atom is -0.481 e. The summed E-state index contributed by atoms with van der Waals surface area (Å²) >= 11 is 6.44. The summed E-state index contributed by atoms with van der Waals surface area (Å²) in [4.78, 5) is 23.1. The van der Waals surface area contributed by atoms with Crippen molar-refractivity contribution < 1.29 is 14.7 Å². The van der Waals surface area contributed by atoms with E-state index in [9.17, 15) is 9.59 Å². The van der Waals surface area contributed by atoms with Crippen LogP contribution in [0, 0.1) is 10.7 Å². The highest BCUT2D eigenvalue weighted by atomic mass is 127. The third kappa shape index (κ3) is 6.46. The minimum absolute atomic E-state index is 0.00517. The van der Waals surface area contributed by atoms with E-state index in [2.05, 4.69) is 80.0 Å². The SMILES string of the molecule is CCCCCCC(=O)Nc1c(I)cc(I)c(CC(=O)O)c1I. The summed E-state index contributed by atoms with van der Waals surface area (Å²) in [6.07, 6.45) is 4.72. The number of unbranched alkanes of at least 4 members (excludes halogenated alkanes) is 3. The van der Waals surface area contributed by atoms with Gasteiger partial charge in [0.25, 0.3) is 0 Å².